The number of nitrogens with one attached hydrogen (secondary N) is 1. The number of aryl methyl sites for hydroxylation is 2. The largest absolute Gasteiger partial charge is 0.397 e. The van der Waals surface area contributed by atoms with Gasteiger partial charge in [0.2, 0.25) is 0 Å². The van der Waals surface area contributed by atoms with Crippen molar-refractivity contribution in [3.05, 3.63) is 77.1 Å². The van der Waals surface area contributed by atoms with Gasteiger partial charge < -0.3 is 11.1 Å². The van der Waals surface area contributed by atoms with E-state index < -0.39 is 0 Å². The fraction of sp³-hybridized carbons (Fsp3) is 0.333. The Bertz CT molecular complexity index is 1070. The van der Waals surface area contributed by atoms with Gasteiger partial charge >= 0.3 is 0 Å². The molecule has 2 aromatic carbocycles. The van der Waals surface area contributed by atoms with E-state index in [-0.39, 0.29) is 5.91 Å². The lowest BCUT2D eigenvalue weighted by Gasteiger charge is -2.32. The summed E-state index contributed by atoms with van der Waals surface area (Å²) in [5.41, 5.74) is 11.1. The van der Waals surface area contributed by atoms with Gasteiger partial charge in [0.05, 0.1) is 18.4 Å². The van der Waals surface area contributed by atoms with Gasteiger partial charge in [-0.2, -0.15) is 5.10 Å². The Hall–Kier alpha value is -3.12. The van der Waals surface area contributed by atoms with Crippen LogP contribution in [0.5, 0.6) is 0 Å². The number of anilines is 2. The van der Waals surface area contributed by atoms with Gasteiger partial charge in [0.25, 0.3) is 5.91 Å². The molecule has 0 atom stereocenters. The fourth-order valence-electron chi connectivity index (χ4n) is 4.12. The maximum atomic E-state index is 12.6. The van der Waals surface area contributed by atoms with Crippen molar-refractivity contribution in [3.8, 4) is 0 Å². The summed E-state index contributed by atoms with van der Waals surface area (Å²) in [6.07, 6.45) is 4.33. The lowest BCUT2D eigenvalue weighted by atomic mass is 9.89. The third kappa shape index (κ3) is 4.54. The topological polar surface area (TPSA) is 76.2 Å². The molecule has 1 aliphatic heterocycles. The molecule has 2 heterocycles. The number of rotatable bonds is 5. The van der Waals surface area contributed by atoms with Gasteiger partial charge in [0.15, 0.2) is 0 Å². The average molecular weight is 405 g/mol. The Morgan fingerprint density at radius 3 is 2.63 bits per heavy atom. The molecular formula is C24H29N5O. The number of hydrogen-bond donors (Lipinski definition) is 2. The van der Waals surface area contributed by atoms with E-state index in [1.165, 1.54) is 11.1 Å². The Morgan fingerprint density at radius 2 is 1.97 bits per heavy atom. The Morgan fingerprint density at radius 1 is 1.23 bits per heavy atom. The predicted octanol–water partition coefficient (Wildman–Crippen LogP) is 3.94. The van der Waals surface area contributed by atoms with Gasteiger partial charge in [0, 0.05) is 30.9 Å². The number of carbonyl (C=O) groups excluding carboxylic acids is 1. The van der Waals surface area contributed by atoms with Gasteiger partial charge in [-0.05, 0) is 68.6 Å². The summed E-state index contributed by atoms with van der Waals surface area (Å²) in [6, 6.07) is 13.0. The van der Waals surface area contributed by atoms with Crippen LogP contribution in [-0.2, 0) is 13.6 Å². The summed E-state index contributed by atoms with van der Waals surface area (Å²) in [4.78, 5) is 15.1. The zero-order valence-electron chi connectivity index (χ0n) is 18.6. The van der Waals surface area contributed by atoms with Crippen LogP contribution in [0, 0.1) is 6.92 Å². The maximum absolute atomic E-state index is 12.6. The summed E-state index contributed by atoms with van der Waals surface area (Å²) >= 11 is 0. The third-order valence-corrected chi connectivity index (χ3v) is 5.89. The smallest absolute Gasteiger partial charge is 0.255 e. The normalized spacial score (nSPS) is 15.7. The molecule has 1 fully saturated rings. The van der Waals surface area contributed by atoms with Crippen LogP contribution in [0.25, 0.3) is 0 Å². The van der Waals surface area contributed by atoms with Crippen molar-refractivity contribution in [2.24, 2.45) is 7.05 Å². The van der Waals surface area contributed by atoms with Crippen molar-refractivity contribution in [2.75, 3.05) is 24.1 Å². The Kier molecular flexibility index (Phi) is 5.48. The van der Waals surface area contributed by atoms with E-state index in [2.05, 4.69) is 40.6 Å². The maximum Gasteiger partial charge on any atom is 0.255 e. The van der Waals surface area contributed by atoms with Crippen molar-refractivity contribution < 1.29 is 6.17 Å². The summed E-state index contributed by atoms with van der Waals surface area (Å²) in [5, 5.41) is 7.24. The predicted molar refractivity (Wildman–Crippen MR) is 120 cm³/mol. The minimum atomic E-state index is -0.217. The Labute approximate surface area is 179 Å². The second kappa shape index (κ2) is 8.71. The van der Waals surface area contributed by atoms with E-state index in [1.807, 2.05) is 23.9 Å². The number of nitrogens with two attached hydrogens (primary N) is 1. The molecule has 6 nitrogen and oxygen atoms in total. The van der Waals surface area contributed by atoms with Gasteiger partial charge in [-0.25, -0.2) is 0 Å². The molecule has 0 bridgehead atoms. The monoisotopic (exact) mass is 404 g/mol. The number of amides is 1. The number of hydrogen-bond acceptors (Lipinski definition) is 4. The van der Waals surface area contributed by atoms with Gasteiger partial charge in [-0.15, -0.1) is 0 Å². The molecule has 156 valence electrons. The van der Waals surface area contributed by atoms with Crippen LogP contribution < -0.4 is 11.1 Å². The molecule has 0 unspecified atom stereocenters. The lowest BCUT2D eigenvalue weighted by molar-refractivity contribution is 0.102. The van der Waals surface area contributed by atoms with E-state index >= 15 is 0 Å². The van der Waals surface area contributed by atoms with Gasteiger partial charge in [-0.3, -0.25) is 14.4 Å². The van der Waals surface area contributed by atoms with Crippen molar-refractivity contribution >= 4 is 17.3 Å². The number of likely N-dealkylation sites (tertiary alicyclic amines) is 1. The van der Waals surface area contributed by atoms with E-state index in [0.717, 1.165) is 38.2 Å². The van der Waals surface area contributed by atoms with Crippen LogP contribution in [0.2, 0.25) is 0 Å². The van der Waals surface area contributed by atoms with Gasteiger partial charge in [0.1, 0.15) is 0 Å². The van der Waals surface area contributed by atoms with Crippen LogP contribution in [0.3, 0.4) is 0 Å². The molecule has 3 aromatic rings. The molecule has 1 aromatic heterocycles. The molecule has 0 saturated carbocycles. The fourth-order valence-corrected chi connectivity index (χ4v) is 4.12. The molecule has 4 rings (SSSR count). The first-order chi connectivity index (χ1) is 14.9. The van der Waals surface area contributed by atoms with Crippen molar-refractivity contribution in [3.63, 3.8) is 0 Å². The highest BCUT2D eigenvalue weighted by Crippen LogP contribution is 2.29. The molecule has 0 radical (unpaired) electrons. The number of carbonyl (C=O) groups is 1. The highest BCUT2D eigenvalue weighted by atomic mass is 16.1. The first kappa shape index (κ1) is 18.9. The molecule has 1 saturated heterocycles. The first-order valence-corrected chi connectivity index (χ1v) is 10.4. The standard InChI is InChI=1S/C24H29N5O/c1-17-21(15-28(2)27-17)16-29-13-11-19(12-14-29)18-7-9-20(10-8-18)24(30)26-23-6-4-3-5-22(23)25/h3-10,15,19H,11-14,16,25H2,1-2H3,(H,26,30)/i4D. The van der Waals surface area contributed by atoms with Crippen LogP contribution >= 0.6 is 0 Å². The van der Waals surface area contributed by atoms with Crippen LogP contribution in [0.1, 0.15) is 47.3 Å². The van der Waals surface area contributed by atoms with Crippen LogP contribution in [0.4, 0.5) is 11.4 Å². The van der Waals surface area contributed by atoms with Crippen molar-refractivity contribution in [1.29, 1.82) is 0 Å². The highest BCUT2D eigenvalue weighted by molar-refractivity contribution is 6.05. The van der Waals surface area contributed by atoms with Crippen LogP contribution in [-0.4, -0.2) is 33.7 Å². The second-order valence-corrected chi connectivity index (χ2v) is 8.05. The van der Waals surface area contributed by atoms with E-state index in [4.69, 9.17) is 7.10 Å². The molecule has 0 spiro atoms. The lowest BCUT2D eigenvalue weighted by Crippen LogP contribution is -2.32. The number of benzene rings is 2. The zero-order valence-corrected chi connectivity index (χ0v) is 17.6. The summed E-state index contributed by atoms with van der Waals surface area (Å²) in [6.45, 7) is 5.14. The summed E-state index contributed by atoms with van der Waals surface area (Å²) in [7, 11) is 1.97. The van der Waals surface area contributed by atoms with Crippen molar-refractivity contribution in [2.45, 2.75) is 32.2 Å². The molecule has 30 heavy (non-hydrogen) atoms. The molecule has 0 aliphatic carbocycles. The van der Waals surface area contributed by atoms with E-state index in [9.17, 15) is 4.79 Å². The number of nitrogen functional groups attached to an aromatic ring is 1. The number of piperidine rings is 1. The quantitative estimate of drug-likeness (QED) is 0.632. The second-order valence-electron chi connectivity index (χ2n) is 8.05. The minimum absolute atomic E-state index is 0.217. The number of para-hydroxylation sites is 2. The SMILES string of the molecule is [2H]c1ccc(N)c(NC(=O)c2ccc(C3CCN(Cc4cn(C)nc4C)CC3)cc2)c1. The van der Waals surface area contributed by atoms with Crippen LogP contribution in [0.15, 0.2) is 54.7 Å². The molecule has 1 aliphatic rings. The average Bonchev–Trinajstić information content (AvgIpc) is 3.08. The third-order valence-electron chi connectivity index (χ3n) is 5.89. The first-order valence-electron chi connectivity index (χ1n) is 10.9. The highest BCUT2D eigenvalue weighted by Gasteiger charge is 2.22. The van der Waals surface area contributed by atoms with E-state index in [0.29, 0.717) is 28.9 Å². The van der Waals surface area contributed by atoms with Gasteiger partial charge in [-0.1, -0.05) is 24.2 Å². The minimum Gasteiger partial charge on any atom is -0.397 e. The molecule has 6 heteroatoms. The summed E-state index contributed by atoms with van der Waals surface area (Å²) < 4.78 is 9.58. The number of nitrogens with zero attached hydrogens (tertiary/aromatic N) is 3. The summed E-state index contributed by atoms with van der Waals surface area (Å²) in [5.74, 6) is 0.296. The Balaban J connectivity index is 1.34. The number of aromatic nitrogens is 2. The molecule has 1 amide bonds. The molecular weight excluding hydrogens is 374 g/mol. The van der Waals surface area contributed by atoms with E-state index in [1.54, 1.807) is 18.2 Å². The zero-order chi connectivity index (χ0) is 22.0. The van der Waals surface area contributed by atoms with Crippen molar-refractivity contribution in [1.82, 2.24) is 14.7 Å². The molecule has 3 N–H and O–H groups in total.